The van der Waals surface area contributed by atoms with Gasteiger partial charge in [-0.1, -0.05) is 6.92 Å². The van der Waals surface area contributed by atoms with Gasteiger partial charge in [-0.3, -0.25) is 4.79 Å². The number of rotatable bonds is 10. The van der Waals surface area contributed by atoms with Crippen molar-refractivity contribution in [3.63, 3.8) is 0 Å². The minimum absolute atomic E-state index is 0.0723. The van der Waals surface area contributed by atoms with E-state index < -0.39 is 0 Å². The van der Waals surface area contributed by atoms with Crippen LogP contribution >= 0.6 is 0 Å². The van der Waals surface area contributed by atoms with E-state index >= 15 is 0 Å². The van der Waals surface area contributed by atoms with Crippen molar-refractivity contribution in [2.24, 2.45) is 0 Å². The van der Waals surface area contributed by atoms with Gasteiger partial charge in [-0.15, -0.1) is 0 Å². The van der Waals surface area contributed by atoms with Crippen molar-refractivity contribution in [1.29, 1.82) is 0 Å². The van der Waals surface area contributed by atoms with Crippen LogP contribution < -0.4 is 5.32 Å². The number of hydrogen-bond donors (Lipinski definition) is 1. The summed E-state index contributed by atoms with van der Waals surface area (Å²) in [5.74, 6) is 0.0723. The highest BCUT2D eigenvalue weighted by Crippen LogP contribution is 1.94. The summed E-state index contributed by atoms with van der Waals surface area (Å²) in [6.45, 7) is 9.25. The predicted octanol–water partition coefficient (Wildman–Crippen LogP) is 0.997. The van der Waals surface area contributed by atoms with Crippen molar-refractivity contribution in [3.8, 4) is 0 Å². The van der Waals surface area contributed by atoms with Gasteiger partial charge in [0.25, 0.3) is 0 Å². The second kappa shape index (κ2) is 10.1. The normalized spacial score (nSPS) is 12.7. The standard InChI is InChI=1S/C11H23NO3/c1-4-12-6-9-14-7-5-8-15-11(3)10(2)13/h11-12H,4-9H2,1-3H3/t11-/m1/s1. The Kier molecular flexibility index (Phi) is 9.78. The lowest BCUT2D eigenvalue weighted by Crippen LogP contribution is -2.20. The molecule has 0 aromatic carbocycles. The Hall–Kier alpha value is -0.450. The Morgan fingerprint density at radius 3 is 2.67 bits per heavy atom. The van der Waals surface area contributed by atoms with Crippen molar-refractivity contribution in [1.82, 2.24) is 5.32 Å². The van der Waals surface area contributed by atoms with Crippen LogP contribution in [0.1, 0.15) is 27.2 Å². The summed E-state index contributed by atoms with van der Waals surface area (Å²) in [6, 6.07) is 0. The number of carbonyl (C=O) groups is 1. The Morgan fingerprint density at radius 1 is 1.33 bits per heavy atom. The first-order valence-corrected chi connectivity index (χ1v) is 5.59. The lowest BCUT2D eigenvalue weighted by atomic mass is 10.3. The second-order valence-corrected chi connectivity index (χ2v) is 3.44. The molecule has 15 heavy (non-hydrogen) atoms. The summed E-state index contributed by atoms with van der Waals surface area (Å²) < 4.78 is 10.6. The van der Waals surface area contributed by atoms with Gasteiger partial charge in [0.15, 0.2) is 5.78 Å². The largest absolute Gasteiger partial charge is 0.380 e. The van der Waals surface area contributed by atoms with Crippen LogP contribution in [0.3, 0.4) is 0 Å². The van der Waals surface area contributed by atoms with Crippen molar-refractivity contribution in [2.45, 2.75) is 33.3 Å². The molecule has 0 radical (unpaired) electrons. The zero-order valence-corrected chi connectivity index (χ0v) is 10.0. The molecule has 0 aliphatic carbocycles. The molecule has 0 heterocycles. The fourth-order valence-electron chi connectivity index (χ4n) is 0.962. The summed E-state index contributed by atoms with van der Waals surface area (Å²) in [6.07, 6.45) is 0.552. The summed E-state index contributed by atoms with van der Waals surface area (Å²) >= 11 is 0. The lowest BCUT2D eigenvalue weighted by Gasteiger charge is -2.09. The molecule has 1 N–H and O–H groups in total. The zero-order valence-electron chi connectivity index (χ0n) is 10.0. The third-order valence-corrected chi connectivity index (χ3v) is 2.05. The highest BCUT2D eigenvalue weighted by atomic mass is 16.5. The van der Waals surface area contributed by atoms with Gasteiger partial charge < -0.3 is 14.8 Å². The van der Waals surface area contributed by atoms with Crippen LogP contribution in [0.4, 0.5) is 0 Å². The molecule has 0 amide bonds. The van der Waals surface area contributed by atoms with E-state index in [-0.39, 0.29) is 11.9 Å². The maximum absolute atomic E-state index is 10.8. The Morgan fingerprint density at radius 2 is 2.07 bits per heavy atom. The minimum atomic E-state index is -0.285. The number of ketones is 1. The van der Waals surface area contributed by atoms with Gasteiger partial charge in [0.2, 0.25) is 0 Å². The summed E-state index contributed by atoms with van der Waals surface area (Å²) in [7, 11) is 0. The minimum Gasteiger partial charge on any atom is -0.380 e. The van der Waals surface area contributed by atoms with Crippen LogP contribution in [-0.4, -0.2) is 44.8 Å². The molecular formula is C11H23NO3. The number of carbonyl (C=O) groups excluding carboxylic acids is 1. The van der Waals surface area contributed by atoms with E-state index in [1.165, 1.54) is 6.92 Å². The summed E-state index contributed by atoms with van der Waals surface area (Å²) in [5.41, 5.74) is 0. The van der Waals surface area contributed by atoms with Crippen LogP contribution in [0.2, 0.25) is 0 Å². The first kappa shape index (κ1) is 14.6. The van der Waals surface area contributed by atoms with Gasteiger partial charge in [0.05, 0.1) is 6.61 Å². The molecule has 0 fully saturated rings. The predicted molar refractivity (Wildman–Crippen MR) is 60.1 cm³/mol. The highest BCUT2D eigenvalue weighted by molar-refractivity contribution is 5.79. The first-order chi connectivity index (χ1) is 7.18. The third kappa shape index (κ3) is 9.85. The van der Waals surface area contributed by atoms with Gasteiger partial charge in [0, 0.05) is 19.8 Å². The molecule has 0 saturated heterocycles. The molecule has 0 rings (SSSR count). The first-order valence-electron chi connectivity index (χ1n) is 5.59. The number of Topliss-reactive ketones (excluding diaryl/α,β-unsaturated/α-hetero) is 1. The Labute approximate surface area is 92.3 Å². The number of ether oxygens (including phenoxy) is 2. The highest BCUT2D eigenvalue weighted by Gasteiger charge is 2.06. The van der Waals surface area contributed by atoms with E-state index in [0.29, 0.717) is 13.2 Å². The third-order valence-electron chi connectivity index (χ3n) is 2.05. The molecule has 4 heteroatoms. The van der Waals surface area contributed by atoms with Crippen molar-refractivity contribution in [2.75, 3.05) is 32.9 Å². The molecule has 0 spiro atoms. The maximum atomic E-state index is 10.8. The van der Waals surface area contributed by atoms with E-state index in [0.717, 1.165) is 26.1 Å². The fourth-order valence-corrected chi connectivity index (χ4v) is 0.962. The van der Waals surface area contributed by atoms with Gasteiger partial charge in [0.1, 0.15) is 6.10 Å². The molecule has 0 aliphatic rings. The van der Waals surface area contributed by atoms with Gasteiger partial charge in [-0.05, 0) is 26.8 Å². The van der Waals surface area contributed by atoms with E-state index in [2.05, 4.69) is 12.2 Å². The molecule has 1 atom stereocenters. The van der Waals surface area contributed by atoms with Crippen molar-refractivity contribution < 1.29 is 14.3 Å². The second-order valence-electron chi connectivity index (χ2n) is 3.44. The summed E-state index contributed by atoms with van der Waals surface area (Å²) in [4.78, 5) is 10.8. The molecule has 0 saturated carbocycles. The molecule has 0 aliphatic heterocycles. The van der Waals surface area contributed by atoms with E-state index in [4.69, 9.17) is 9.47 Å². The van der Waals surface area contributed by atoms with E-state index in [1.54, 1.807) is 6.92 Å². The number of likely N-dealkylation sites (N-methyl/N-ethyl adjacent to an activating group) is 1. The van der Waals surface area contributed by atoms with Crippen LogP contribution in [-0.2, 0) is 14.3 Å². The SMILES string of the molecule is CCNCCOCCCO[C@H](C)C(C)=O. The zero-order chi connectivity index (χ0) is 11.5. The molecule has 90 valence electrons. The quantitative estimate of drug-likeness (QED) is 0.555. The van der Waals surface area contributed by atoms with Crippen LogP contribution in [0.25, 0.3) is 0 Å². The smallest absolute Gasteiger partial charge is 0.158 e. The molecule has 4 nitrogen and oxygen atoms in total. The van der Waals surface area contributed by atoms with E-state index in [9.17, 15) is 4.79 Å². The number of hydrogen-bond acceptors (Lipinski definition) is 4. The molecule has 0 unspecified atom stereocenters. The maximum Gasteiger partial charge on any atom is 0.158 e. The number of nitrogens with one attached hydrogen (secondary N) is 1. The van der Waals surface area contributed by atoms with E-state index in [1.807, 2.05) is 0 Å². The fraction of sp³-hybridized carbons (Fsp3) is 0.909. The Balaban J connectivity index is 3.08. The Bertz CT molecular complexity index is 162. The monoisotopic (exact) mass is 217 g/mol. The topological polar surface area (TPSA) is 47.6 Å². The lowest BCUT2D eigenvalue weighted by molar-refractivity contribution is -0.127. The van der Waals surface area contributed by atoms with Crippen LogP contribution in [0, 0.1) is 0 Å². The molecule has 0 bridgehead atoms. The average Bonchev–Trinajstić information content (AvgIpc) is 2.21. The van der Waals surface area contributed by atoms with Gasteiger partial charge >= 0.3 is 0 Å². The molecule has 0 aromatic heterocycles. The van der Waals surface area contributed by atoms with Crippen LogP contribution in [0.5, 0.6) is 0 Å². The van der Waals surface area contributed by atoms with Gasteiger partial charge in [-0.25, -0.2) is 0 Å². The average molecular weight is 217 g/mol. The van der Waals surface area contributed by atoms with Crippen molar-refractivity contribution >= 4 is 5.78 Å². The summed E-state index contributed by atoms with van der Waals surface area (Å²) in [5, 5.41) is 3.17. The van der Waals surface area contributed by atoms with Crippen molar-refractivity contribution in [3.05, 3.63) is 0 Å². The van der Waals surface area contributed by atoms with Gasteiger partial charge in [-0.2, -0.15) is 0 Å². The molecule has 0 aromatic rings. The van der Waals surface area contributed by atoms with Crippen LogP contribution in [0.15, 0.2) is 0 Å². The molecular weight excluding hydrogens is 194 g/mol.